The van der Waals surface area contributed by atoms with Crippen molar-refractivity contribution in [1.29, 1.82) is 0 Å². The van der Waals surface area contributed by atoms with Crippen LogP contribution in [0.3, 0.4) is 0 Å². The lowest BCUT2D eigenvalue weighted by Gasteiger charge is -2.36. The van der Waals surface area contributed by atoms with Gasteiger partial charge in [0, 0.05) is 36.7 Å². The van der Waals surface area contributed by atoms with E-state index >= 15 is 0 Å². The molecule has 23 heavy (non-hydrogen) atoms. The predicted octanol–water partition coefficient (Wildman–Crippen LogP) is 2.74. The Bertz CT molecular complexity index is 531. The number of hydrogen-bond acceptors (Lipinski definition) is 3. The minimum absolute atomic E-state index is 0.158. The first-order valence-electron chi connectivity index (χ1n) is 8.72. The van der Waals surface area contributed by atoms with Gasteiger partial charge in [-0.15, -0.1) is 0 Å². The van der Waals surface area contributed by atoms with Crippen LogP contribution in [0, 0.1) is 0 Å². The fraction of sp³-hybridized carbons (Fsp3) is 0.611. The first-order valence-corrected chi connectivity index (χ1v) is 9.10. The molecule has 0 radical (unpaired) electrons. The van der Waals surface area contributed by atoms with Gasteiger partial charge in [0.15, 0.2) is 0 Å². The number of halogens is 1. The average molecular weight is 336 g/mol. The highest BCUT2D eigenvalue weighted by atomic mass is 35.5. The van der Waals surface area contributed by atoms with Gasteiger partial charge in [-0.1, -0.05) is 43.0 Å². The van der Waals surface area contributed by atoms with Crippen LogP contribution in [0.5, 0.6) is 0 Å². The number of rotatable bonds is 4. The summed E-state index contributed by atoms with van der Waals surface area (Å²) in [6, 6.07) is 8.55. The molecule has 1 saturated carbocycles. The van der Waals surface area contributed by atoms with Gasteiger partial charge in [0.1, 0.15) is 0 Å². The summed E-state index contributed by atoms with van der Waals surface area (Å²) in [4.78, 5) is 14.7. The summed E-state index contributed by atoms with van der Waals surface area (Å²) in [5.41, 5.74) is 1.18. The first-order chi connectivity index (χ1) is 11.2. The maximum absolute atomic E-state index is 12.4. The van der Waals surface area contributed by atoms with Gasteiger partial charge in [0.25, 0.3) is 0 Å². The molecule has 1 saturated heterocycles. The summed E-state index contributed by atoms with van der Waals surface area (Å²) in [5.74, 6) is 0.158. The molecule has 1 heterocycles. The molecule has 0 spiro atoms. The van der Waals surface area contributed by atoms with Crippen molar-refractivity contribution in [3.63, 3.8) is 0 Å². The number of piperazine rings is 1. The third kappa shape index (κ3) is 4.69. The highest BCUT2D eigenvalue weighted by Gasteiger charge is 2.26. The third-order valence-electron chi connectivity index (χ3n) is 4.90. The van der Waals surface area contributed by atoms with Crippen LogP contribution in [0.25, 0.3) is 0 Å². The van der Waals surface area contributed by atoms with E-state index < -0.39 is 0 Å². The zero-order chi connectivity index (χ0) is 16.1. The maximum atomic E-state index is 12.4. The fourth-order valence-electron chi connectivity index (χ4n) is 3.68. The molecule has 5 heteroatoms. The Kier molecular flexibility index (Phi) is 5.92. The molecule has 1 atom stereocenters. The molecular formula is C18H26ClN3O. The van der Waals surface area contributed by atoms with Gasteiger partial charge in [-0.3, -0.25) is 9.69 Å². The van der Waals surface area contributed by atoms with E-state index in [1.807, 2.05) is 18.2 Å². The van der Waals surface area contributed by atoms with Crippen LogP contribution in [0.15, 0.2) is 24.3 Å². The second-order valence-electron chi connectivity index (χ2n) is 6.65. The molecule has 1 aliphatic carbocycles. The van der Waals surface area contributed by atoms with Crippen LogP contribution in [0.2, 0.25) is 5.02 Å². The molecule has 2 fully saturated rings. The van der Waals surface area contributed by atoms with E-state index in [1.165, 1.54) is 24.8 Å². The van der Waals surface area contributed by atoms with Gasteiger partial charge in [-0.05, 0) is 30.5 Å². The minimum Gasteiger partial charge on any atom is -0.352 e. The van der Waals surface area contributed by atoms with E-state index in [4.69, 9.17) is 11.6 Å². The van der Waals surface area contributed by atoms with E-state index in [1.54, 1.807) is 0 Å². The van der Waals surface area contributed by atoms with Crippen molar-refractivity contribution in [1.82, 2.24) is 15.5 Å². The predicted molar refractivity (Wildman–Crippen MR) is 93.7 cm³/mol. The van der Waals surface area contributed by atoms with E-state index in [2.05, 4.69) is 21.6 Å². The van der Waals surface area contributed by atoms with Gasteiger partial charge in [0.2, 0.25) is 5.91 Å². The number of carbonyl (C=O) groups is 1. The van der Waals surface area contributed by atoms with Crippen LogP contribution in [0.1, 0.15) is 43.7 Å². The van der Waals surface area contributed by atoms with Crippen molar-refractivity contribution in [2.45, 2.75) is 44.2 Å². The summed E-state index contributed by atoms with van der Waals surface area (Å²) in [6.07, 6.45) is 6.05. The monoisotopic (exact) mass is 335 g/mol. The standard InChI is InChI=1S/C18H26ClN3O/c19-15-6-4-5-14(11-15)17-12-20-9-10-22(17)13-18(23)21-16-7-2-1-3-8-16/h4-6,11,16-17,20H,1-3,7-10,12-13H2,(H,21,23). The lowest BCUT2D eigenvalue weighted by Crippen LogP contribution is -2.50. The molecule has 1 aromatic rings. The molecule has 1 aromatic carbocycles. The number of nitrogens with zero attached hydrogens (tertiary/aromatic N) is 1. The van der Waals surface area contributed by atoms with Crippen LogP contribution >= 0.6 is 11.6 Å². The largest absolute Gasteiger partial charge is 0.352 e. The molecule has 3 rings (SSSR count). The van der Waals surface area contributed by atoms with E-state index in [0.29, 0.717) is 12.6 Å². The summed E-state index contributed by atoms with van der Waals surface area (Å²) in [7, 11) is 0. The Labute approximate surface area is 143 Å². The van der Waals surface area contributed by atoms with Crippen molar-refractivity contribution in [3.05, 3.63) is 34.9 Å². The summed E-state index contributed by atoms with van der Waals surface area (Å²) >= 11 is 6.13. The van der Waals surface area contributed by atoms with Crippen LogP contribution in [-0.4, -0.2) is 43.0 Å². The fourth-order valence-corrected chi connectivity index (χ4v) is 3.88. The Hall–Kier alpha value is -1.10. The topological polar surface area (TPSA) is 44.4 Å². The lowest BCUT2D eigenvalue weighted by atomic mass is 9.95. The van der Waals surface area contributed by atoms with Gasteiger partial charge >= 0.3 is 0 Å². The lowest BCUT2D eigenvalue weighted by molar-refractivity contribution is -0.124. The number of hydrogen-bond donors (Lipinski definition) is 2. The van der Waals surface area contributed by atoms with E-state index in [9.17, 15) is 4.79 Å². The molecule has 1 amide bonds. The van der Waals surface area contributed by atoms with Crippen molar-refractivity contribution in [2.75, 3.05) is 26.2 Å². The van der Waals surface area contributed by atoms with Crippen LogP contribution < -0.4 is 10.6 Å². The molecule has 0 bridgehead atoms. The van der Waals surface area contributed by atoms with Crippen LogP contribution in [0.4, 0.5) is 0 Å². The zero-order valence-corrected chi connectivity index (χ0v) is 14.3. The van der Waals surface area contributed by atoms with E-state index in [0.717, 1.165) is 37.5 Å². The molecule has 4 nitrogen and oxygen atoms in total. The van der Waals surface area contributed by atoms with Gasteiger partial charge in [-0.2, -0.15) is 0 Å². The van der Waals surface area contributed by atoms with Crippen molar-refractivity contribution in [3.8, 4) is 0 Å². The summed E-state index contributed by atoms with van der Waals surface area (Å²) in [6.45, 7) is 3.13. The second-order valence-corrected chi connectivity index (χ2v) is 7.08. The smallest absolute Gasteiger partial charge is 0.234 e. The number of benzene rings is 1. The molecular weight excluding hydrogens is 310 g/mol. The highest BCUT2D eigenvalue weighted by molar-refractivity contribution is 6.30. The number of amides is 1. The quantitative estimate of drug-likeness (QED) is 0.889. The molecule has 1 unspecified atom stereocenters. The zero-order valence-electron chi connectivity index (χ0n) is 13.6. The molecule has 2 aliphatic rings. The normalized spacial score (nSPS) is 23.6. The van der Waals surface area contributed by atoms with Crippen molar-refractivity contribution in [2.24, 2.45) is 0 Å². The molecule has 2 N–H and O–H groups in total. The Morgan fingerprint density at radius 2 is 2.13 bits per heavy atom. The third-order valence-corrected chi connectivity index (χ3v) is 5.14. The van der Waals surface area contributed by atoms with Crippen molar-refractivity contribution >= 4 is 17.5 Å². The van der Waals surface area contributed by atoms with Gasteiger partial charge in [-0.25, -0.2) is 0 Å². The van der Waals surface area contributed by atoms with Crippen LogP contribution in [-0.2, 0) is 4.79 Å². The SMILES string of the molecule is O=C(CN1CCNCC1c1cccc(Cl)c1)NC1CCCCC1. The highest BCUT2D eigenvalue weighted by Crippen LogP contribution is 2.24. The molecule has 126 valence electrons. The maximum Gasteiger partial charge on any atom is 0.234 e. The first kappa shape index (κ1) is 16.7. The Morgan fingerprint density at radius 3 is 2.91 bits per heavy atom. The molecule has 1 aliphatic heterocycles. The van der Waals surface area contributed by atoms with Gasteiger partial charge in [0.05, 0.1) is 6.54 Å². The summed E-state index contributed by atoms with van der Waals surface area (Å²) < 4.78 is 0. The van der Waals surface area contributed by atoms with Crippen molar-refractivity contribution < 1.29 is 4.79 Å². The number of carbonyl (C=O) groups excluding carboxylic acids is 1. The minimum atomic E-state index is 0.158. The Balaban J connectivity index is 1.60. The second kappa shape index (κ2) is 8.13. The molecule has 0 aromatic heterocycles. The Morgan fingerprint density at radius 1 is 1.30 bits per heavy atom. The van der Waals surface area contributed by atoms with Gasteiger partial charge < -0.3 is 10.6 Å². The van der Waals surface area contributed by atoms with E-state index in [-0.39, 0.29) is 11.9 Å². The number of nitrogens with one attached hydrogen (secondary N) is 2. The summed E-state index contributed by atoms with van der Waals surface area (Å²) in [5, 5.41) is 7.39. The average Bonchev–Trinajstić information content (AvgIpc) is 2.56.